The lowest BCUT2D eigenvalue weighted by molar-refractivity contribution is 0.0693. The molecule has 9 heteroatoms. The zero-order valence-electron chi connectivity index (χ0n) is 16.3. The Hall–Kier alpha value is -3.23. The zero-order valence-corrected chi connectivity index (χ0v) is 16.3. The van der Waals surface area contributed by atoms with Crippen molar-refractivity contribution in [1.82, 2.24) is 29.5 Å². The summed E-state index contributed by atoms with van der Waals surface area (Å²) >= 11 is 0. The monoisotopic (exact) mass is 398 g/mol. The third-order valence-electron chi connectivity index (χ3n) is 5.33. The van der Waals surface area contributed by atoms with Crippen LogP contribution < -0.4 is 0 Å². The van der Waals surface area contributed by atoms with E-state index in [1.165, 1.54) is 16.9 Å². The number of amides is 1. The number of carbonyl (C=O) groups excluding carboxylic acids is 1. The van der Waals surface area contributed by atoms with Crippen molar-refractivity contribution in [1.29, 1.82) is 0 Å². The lowest BCUT2D eigenvalue weighted by atomic mass is 9.84. The third kappa shape index (κ3) is 3.59. The van der Waals surface area contributed by atoms with Crippen LogP contribution >= 0.6 is 0 Å². The van der Waals surface area contributed by atoms with Gasteiger partial charge in [0, 0.05) is 19.3 Å². The molecule has 0 spiro atoms. The summed E-state index contributed by atoms with van der Waals surface area (Å²) in [7, 11) is 1.76. The van der Waals surface area contributed by atoms with Crippen LogP contribution in [0.5, 0.6) is 0 Å². The van der Waals surface area contributed by atoms with Gasteiger partial charge in [0.1, 0.15) is 17.7 Å². The number of alkyl halides is 2. The Kier molecular flexibility index (Phi) is 4.81. The minimum absolute atomic E-state index is 0.0415. The number of pyridine rings is 1. The maximum absolute atomic E-state index is 13.1. The molecule has 150 valence electrons. The van der Waals surface area contributed by atoms with Crippen LogP contribution in [0.4, 0.5) is 8.78 Å². The van der Waals surface area contributed by atoms with E-state index in [1.54, 1.807) is 24.2 Å². The van der Waals surface area contributed by atoms with Crippen molar-refractivity contribution in [2.24, 2.45) is 0 Å². The van der Waals surface area contributed by atoms with E-state index < -0.39 is 6.43 Å². The SMILES string of the molecule is Cc1cnc(C(=O)N(C)C2CC(=Cc3cc(C(F)F)nc4ncnn34)C2)cc1C. The van der Waals surface area contributed by atoms with Crippen LogP contribution in [0.3, 0.4) is 0 Å². The van der Waals surface area contributed by atoms with Crippen LogP contribution in [0.15, 0.2) is 30.2 Å². The van der Waals surface area contributed by atoms with Crippen LogP contribution in [-0.2, 0) is 0 Å². The number of fused-ring (bicyclic) bond motifs is 1. The second-order valence-corrected chi connectivity index (χ2v) is 7.31. The van der Waals surface area contributed by atoms with E-state index in [2.05, 4.69) is 20.1 Å². The molecule has 0 unspecified atom stereocenters. The van der Waals surface area contributed by atoms with E-state index in [0.29, 0.717) is 24.2 Å². The van der Waals surface area contributed by atoms with E-state index in [0.717, 1.165) is 16.7 Å². The van der Waals surface area contributed by atoms with Gasteiger partial charge in [0.2, 0.25) is 0 Å². The van der Waals surface area contributed by atoms with Crippen molar-refractivity contribution in [2.45, 2.75) is 39.2 Å². The van der Waals surface area contributed by atoms with Crippen molar-refractivity contribution in [3.05, 3.63) is 58.4 Å². The molecule has 3 aromatic rings. The fourth-order valence-electron chi connectivity index (χ4n) is 3.30. The quantitative estimate of drug-likeness (QED) is 0.673. The molecule has 1 aliphatic rings. The summed E-state index contributed by atoms with van der Waals surface area (Å²) in [5, 5.41) is 4.05. The number of hydrogen-bond donors (Lipinski definition) is 0. The standard InChI is InChI=1S/C20H20F2N6O/c1-11-4-17(23-9-12(11)2)19(29)27(3)14-5-13(6-14)7-15-8-16(18(21)22)26-20-24-10-25-28(15)20/h4,7-10,14,18H,5-6H2,1-3H3. The highest BCUT2D eigenvalue weighted by Crippen LogP contribution is 2.33. The topological polar surface area (TPSA) is 76.3 Å². The Morgan fingerprint density at radius 1 is 1.24 bits per heavy atom. The zero-order chi connectivity index (χ0) is 20.7. The molecule has 7 nitrogen and oxygen atoms in total. The molecule has 1 amide bonds. The Labute approximate surface area is 166 Å². The first-order valence-electron chi connectivity index (χ1n) is 9.22. The fourth-order valence-corrected chi connectivity index (χ4v) is 3.30. The van der Waals surface area contributed by atoms with Crippen LogP contribution in [-0.4, -0.2) is 48.5 Å². The molecule has 4 rings (SSSR count). The van der Waals surface area contributed by atoms with Crippen molar-refractivity contribution in [3.8, 4) is 0 Å². The van der Waals surface area contributed by atoms with E-state index in [-0.39, 0.29) is 23.4 Å². The van der Waals surface area contributed by atoms with E-state index in [1.807, 2.05) is 19.9 Å². The summed E-state index contributed by atoms with van der Waals surface area (Å²) < 4.78 is 27.6. The van der Waals surface area contributed by atoms with Crippen LogP contribution in [0.1, 0.15) is 52.3 Å². The summed E-state index contributed by atoms with van der Waals surface area (Å²) in [4.78, 5) is 26.3. The first-order chi connectivity index (χ1) is 13.8. The largest absolute Gasteiger partial charge is 0.337 e. The van der Waals surface area contributed by atoms with Gasteiger partial charge in [0.15, 0.2) is 0 Å². The smallest absolute Gasteiger partial charge is 0.280 e. The summed E-state index contributed by atoms with van der Waals surface area (Å²) in [5.41, 5.74) is 3.70. The number of nitrogens with zero attached hydrogens (tertiary/aromatic N) is 6. The number of halogens is 2. The number of rotatable bonds is 4. The van der Waals surface area contributed by atoms with Crippen LogP contribution in [0, 0.1) is 13.8 Å². The molecular formula is C20H20F2N6O. The molecule has 0 bridgehead atoms. The van der Waals surface area contributed by atoms with E-state index >= 15 is 0 Å². The minimum Gasteiger partial charge on any atom is -0.337 e. The lowest BCUT2D eigenvalue weighted by Gasteiger charge is -2.37. The van der Waals surface area contributed by atoms with Gasteiger partial charge in [0.05, 0.1) is 5.69 Å². The van der Waals surface area contributed by atoms with Gasteiger partial charge in [-0.05, 0) is 56.0 Å². The predicted octanol–water partition coefficient (Wildman–Crippen LogP) is 3.39. The Morgan fingerprint density at radius 2 is 2.00 bits per heavy atom. The summed E-state index contributed by atoms with van der Waals surface area (Å²) in [6.45, 7) is 3.90. The van der Waals surface area contributed by atoms with Gasteiger partial charge in [-0.15, -0.1) is 0 Å². The highest BCUT2D eigenvalue weighted by atomic mass is 19.3. The van der Waals surface area contributed by atoms with Crippen LogP contribution in [0.25, 0.3) is 11.9 Å². The predicted molar refractivity (Wildman–Crippen MR) is 103 cm³/mol. The summed E-state index contributed by atoms with van der Waals surface area (Å²) in [6.07, 6.45) is 3.45. The molecule has 0 radical (unpaired) electrons. The Balaban J connectivity index is 1.50. The third-order valence-corrected chi connectivity index (χ3v) is 5.33. The average molecular weight is 398 g/mol. The highest BCUT2D eigenvalue weighted by molar-refractivity contribution is 5.92. The van der Waals surface area contributed by atoms with Crippen LogP contribution in [0.2, 0.25) is 0 Å². The number of carbonyl (C=O) groups is 1. The second-order valence-electron chi connectivity index (χ2n) is 7.31. The van der Waals surface area contributed by atoms with Gasteiger partial charge >= 0.3 is 0 Å². The molecule has 29 heavy (non-hydrogen) atoms. The van der Waals surface area contributed by atoms with Crippen molar-refractivity contribution >= 4 is 17.8 Å². The molecule has 1 fully saturated rings. The molecule has 0 N–H and O–H groups in total. The molecule has 0 aliphatic heterocycles. The first kappa shape index (κ1) is 19.1. The maximum atomic E-state index is 13.1. The number of hydrogen-bond acceptors (Lipinski definition) is 5. The van der Waals surface area contributed by atoms with Gasteiger partial charge in [-0.3, -0.25) is 9.78 Å². The average Bonchev–Trinajstić information content (AvgIpc) is 3.14. The minimum atomic E-state index is -2.68. The van der Waals surface area contributed by atoms with Gasteiger partial charge in [-0.25, -0.2) is 13.8 Å². The molecule has 0 aromatic carbocycles. The highest BCUT2D eigenvalue weighted by Gasteiger charge is 2.31. The number of aryl methyl sites for hydroxylation is 2. The molecule has 1 aliphatic carbocycles. The van der Waals surface area contributed by atoms with Gasteiger partial charge in [-0.2, -0.15) is 14.6 Å². The maximum Gasteiger partial charge on any atom is 0.280 e. The van der Waals surface area contributed by atoms with E-state index in [4.69, 9.17) is 0 Å². The number of aromatic nitrogens is 5. The van der Waals surface area contributed by atoms with Gasteiger partial charge < -0.3 is 4.90 Å². The van der Waals surface area contributed by atoms with Crippen molar-refractivity contribution in [3.63, 3.8) is 0 Å². The fraction of sp³-hybridized carbons (Fsp3) is 0.350. The summed E-state index contributed by atoms with van der Waals surface area (Å²) in [5.74, 6) is 0.0124. The van der Waals surface area contributed by atoms with Gasteiger partial charge in [0.25, 0.3) is 18.1 Å². The Morgan fingerprint density at radius 3 is 2.69 bits per heavy atom. The molecule has 3 heterocycles. The lowest BCUT2D eigenvalue weighted by Crippen LogP contribution is -2.42. The molecule has 3 aromatic heterocycles. The molecule has 1 saturated carbocycles. The van der Waals surface area contributed by atoms with Gasteiger partial charge in [-0.1, -0.05) is 5.57 Å². The molecule has 0 atom stereocenters. The Bertz CT molecular complexity index is 1120. The normalized spacial score (nSPS) is 16.2. The molecule has 0 saturated heterocycles. The van der Waals surface area contributed by atoms with Crippen molar-refractivity contribution in [2.75, 3.05) is 7.05 Å². The van der Waals surface area contributed by atoms with E-state index in [9.17, 15) is 13.6 Å². The molecular weight excluding hydrogens is 378 g/mol. The first-order valence-corrected chi connectivity index (χ1v) is 9.22. The summed E-state index contributed by atoms with van der Waals surface area (Å²) in [6, 6.07) is 3.16. The second kappa shape index (κ2) is 7.31. The van der Waals surface area contributed by atoms with Crippen molar-refractivity contribution < 1.29 is 13.6 Å².